The number of rotatable bonds is 4. The molecule has 2 nitrogen and oxygen atoms in total. The molecule has 0 aliphatic carbocycles. The molecular formula is C13H19ClF3NO. The number of hydrogen-bond donors (Lipinski definition) is 1. The summed E-state index contributed by atoms with van der Waals surface area (Å²) < 4.78 is 43.7. The second-order valence-electron chi connectivity index (χ2n) is 4.69. The van der Waals surface area contributed by atoms with Crippen LogP contribution in [0.25, 0.3) is 0 Å². The van der Waals surface area contributed by atoms with Crippen LogP contribution in [0.3, 0.4) is 0 Å². The van der Waals surface area contributed by atoms with Crippen LogP contribution in [0.5, 0.6) is 5.75 Å². The summed E-state index contributed by atoms with van der Waals surface area (Å²) in [5.41, 5.74) is 5.25. The molecule has 0 saturated carbocycles. The zero-order valence-corrected chi connectivity index (χ0v) is 11.9. The van der Waals surface area contributed by atoms with Crippen LogP contribution in [0.15, 0.2) is 18.2 Å². The molecule has 0 heterocycles. The minimum Gasteiger partial charge on any atom is -0.497 e. The van der Waals surface area contributed by atoms with E-state index in [1.165, 1.54) is 19.2 Å². The first kappa shape index (κ1) is 18.1. The molecule has 1 aromatic rings. The lowest BCUT2D eigenvalue weighted by Gasteiger charge is -2.20. The lowest BCUT2D eigenvalue weighted by molar-refractivity contribution is -0.138. The van der Waals surface area contributed by atoms with Crippen molar-refractivity contribution in [2.75, 3.05) is 7.11 Å². The van der Waals surface area contributed by atoms with E-state index >= 15 is 0 Å². The third-order valence-corrected chi connectivity index (χ3v) is 2.69. The molecule has 19 heavy (non-hydrogen) atoms. The van der Waals surface area contributed by atoms with Crippen molar-refractivity contribution in [2.45, 2.75) is 32.5 Å². The molecule has 0 unspecified atom stereocenters. The van der Waals surface area contributed by atoms with Gasteiger partial charge in [-0.25, -0.2) is 0 Å². The minimum atomic E-state index is -4.42. The van der Waals surface area contributed by atoms with E-state index in [-0.39, 0.29) is 29.6 Å². The molecule has 110 valence electrons. The summed E-state index contributed by atoms with van der Waals surface area (Å²) in [6.45, 7) is 3.85. The molecule has 0 aromatic heterocycles. The number of methoxy groups -OCH3 is 1. The fourth-order valence-electron chi connectivity index (χ4n) is 1.87. The van der Waals surface area contributed by atoms with E-state index in [1.54, 1.807) is 0 Å². The highest BCUT2D eigenvalue weighted by Gasteiger charge is 2.35. The van der Waals surface area contributed by atoms with Crippen molar-refractivity contribution in [3.05, 3.63) is 29.3 Å². The van der Waals surface area contributed by atoms with Crippen molar-refractivity contribution in [1.82, 2.24) is 0 Å². The van der Waals surface area contributed by atoms with Crippen molar-refractivity contribution in [2.24, 2.45) is 11.7 Å². The van der Waals surface area contributed by atoms with E-state index in [4.69, 9.17) is 10.5 Å². The minimum absolute atomic E-state index is 0. The molecule has 0 amide bonds. The number of ether oxygens (including phenoxy) is 1. The Morgan fingerprint density at radius 3 is 2.26 bits per heavy atom. The van der Waals surface area contributed by atoms with Crippen LogP contribution in [0.1, 0.15) is 37.4 Å². The van der Waals surface area contributed by atoms with E-state index < -0.39 is 17.8 Å². The first-order valence-electron chi connectivity index (χ1n) is 5.76. The topological polar surface area (TPSA) is 35.2 Å². The summed E-state index contributed by atoms with van der Waals surface area (Å²) in [6, 6.07) is 3.28. The average Bonchev–Trinajstić information content (AvgIpc) is 2.26. The van der Waals surface area contributed by atoms with E-state index in [0.29, 0.717) is 6.42 Å². The summed E-state index contributed by atoms with van der Waals surface area (Å²) in [5.74, 6) is 0.422. The van der Waals surface area contributed by atoms with Gasteiger partial charge >= 0.3 is 6.18 Å². The summed E-state index contributed by atoms with van der Waals surface area (Å²) in [6.07, 6.45) is -3.91. The largest absolute Gasteiger partial charge is 0.497 e. The lowest BCUT2D eigenvalue weighted by Crippen LogP contribution is -2.19. The zero-order chi connectivity index (χ0) is 13.9. The molecule has 1 aromatic carbocycles. The van der Waals surface area contributed by atoms with Crippen molar-refractivity contribution >= 4 is 12.4 Å². The van der Waals surface area contributed by atoms with Crippen LogP contribution in [0.4, 0.5) is 13.2 Å². The Morgan fingerprint density at radius 2 is 1.84 bits per heavy atom. The van der Waals surface area contributed by atoms with Gasteiger partial charge in [-0.05, 0) is 30.0 Å². The number of hydrogen-bond acceptors (Lipinski definition) is 2. The average molecular weight is 298 g/mol. The summed E-state index contributed by atoms with van der Waals surface area (Å²) in [5, 5.41) is 0. The fraction of sp³-hybridized carbons (Fsp3) is 0.538. The molecule has 0 aliphatic heterocycles. The third kappa shape index (κ3) is 4.91. The molecule has 1 atom stereocenters. The van der Waals surface area contributed by atoms with Gasteiger partial charge in [-0.3, -0.25) is 0 Å². The Bertz CT molecular complexity index is 407. The highest BCUT2D eigenvalue weighted by molar-refractivity contribution is 5.85. The molecule has 0 radical (unpaired) electrons. The highest BCUT2D eigenvalue weighted by atomic mass is 35.5. The molecule has 0 fully saturated rings. The highest BCUT2D eigenvalue weighted by Crippen LogP contribution is 2.37. The second kappa shape index (κ2) is 7.01. The van der Waals surface area contributed by atoms with E-state index in [0.717, 1.165) is 6.07 Å². The maximum Gasteiger partial charge on any atom is 0.416 e. The van der Waals surface area contributed by atoms with Gasteiger partial charge in [0.1, 0.15) is 5.75 Å². The Labute approximate surface area is 117 Å². The normalized spacial score (nSPS) is 13.1. The SMILES string of the molecule is COc1ccc([C@H](N)CC(C)C)c(C(F)(F)F)c1.Cl. The quantitative estimate of drug-likeness (QED) is 0.905. The van der Waals surface area contributed by atoms with Gasteiger partial charge in [0.15, 0.2) is 0 Å². The lowest BCUT2D eigenvalue weighted by atomic mass is 9.93. The first-order valence-corrected chi connectivity index (χ1v) is 5.76. The van der Waals surface area contributed by atoms with E-state index in [1.807, 2.05) is 13.8 Å². The van der Waals surface area contributed by atoms with Gasteiger partial charge in [0, 0.05) is 6.04 Å². The number of alkyl halides is 3. The Balaban J connectivity index is 0.00000324. The fourth-order valence-corrected chi connectivity index (χ4v) is 1.87. The van der Waals surface area contributed by atoms with Gasteiger partial charge < -0.3 is 10.5 Å². The van der Waals surface area contributed by atoms with Crippen molar-refractivity contribution in [3.8, 4) is 5.75 Å². The number of nitrogens with two attached hydrogens (primary N) is 1. The Hall–Kier alpha value is -0.940. The van der Waals surface area contributed by atoms with Crippen molar-refractivity contribution in [1.29, 1.82) is 0 Å². The number of benzene rings is 1. The maximum atomic E-state index is 13.0. The van der Waals surface area contributed by atoms with Crippen LogP contribution in [-0.4, -0.2) is 7.11 Å². The monoisotopic (exact) mass is 297 g/mol. The molecule has 2 N–H and O–H groups in total. The second-order valence-corrected chi connectivity index (χ2v) is 4.69. The smallest absolute Gasteiger partial charge is 0.416 e. The predicted octanol–water partition coefficient (Wildman–Crippen LogP) is 4.18. The zero-order valence-electron chi connectivity index (χ0n) is 11.1. The maximum absolute atomic E-state index is 13.0. The Morgan fingerprint density at radius 1 is 1.26 bits per heavy atom. The van der Waals surface area contributed by atoms with Gasteiger partial charge in [0.05, 0.1) is 12.7 Å². The molecule has 6 heteroatoms. The Kier molecular flexibility index (Phi) is 6.66. The van der Waals surface area contributed by atoms with Crippen LogP contribution in [-0.2, 0) is 6.18 Å². The van der Waals surface area contributed by atoms with Gasteiger partial charge in [-0.2, -0.15) is 13.2 Å². The summed E-state index contributed by atoms with van der Waals surface area (Å²) in [4.78, 5) is 0. The van der Waals surface area contributed by atoms with Gasteiger partial charge in [0.25, 0.3) is 0 Å². The van der Waals surface area contributed by atoms with Gasteiger partial charge in [0.2, 0.25) is 0 Å². The van der Waals surface area contributed by atoms with Crippen molar-refractivity contribution in [3.63, 3.8) is 0 Å². The molecule has 1 rings (SSSR count). The molecule has 0 saturated heterocycles. The third-order valence-electron chi connectivity index (χ3n) is 2.69. The van der Waals surface area contributed by atoms with Crippen LogP contribution >= 0.6 is 12.4 Å². The summed E-state index contributed by atoms with van der Waals surface area (Å²) >= 11 is 0. The van der Waals surface area contributed by atoms with Crippen LogP contribution in [0, 0.1) is 5.92 Å². The van der Waals surface area contributed by atoms with E-state index in [2.05, 4.69) is 0 Å². The van der Waals surface area contributed by atoms with E-state index in [9.17, 15) is 13.2 Å². The standard InChI is InChI=1S/C13H18F3NO.ClH/c1-8(2)6-12(17)10-5-4-9(18-3)7-11(10)13(14,15)16;/h4-5,7-8,12H,6,17H2,1-3H3;1H/t12-;/m1./s1. The molecule has 0 aliphatic rings. The molecule has 0 spiro atoms. The molecular weight excluding hydrogens is 279 g/mol. The van der Waals surface area contributed by atoms with Crippen LogP contribution < -0.4 is 10.5 Å². The van der Waals surface area contributed by atoms with Crippen molar-refractivity contribution < 1.29 is 17.9 Å². The number of halogens is 4. The van der Waals surface area contributed by atoms with Gasteiger partial charge in [-0.1, -0.05) is 19.9 Å². The summed E-state index contributed by atoms with van der Waals surface area (Å²) in [7, 11) is 1.34. The molecule has 0 bridgehead atoms. The first-order chi connectivity index (χ1) is 8.25. The predicted molar refractivity (Wildman–Crippen MR) is 71.6 cm³/mol. The van der Waals surface area contributed by atoms with Crippen LogP contribution in [0.2, 0.25) is 0 Å². The van der Waals surface area contributed by atoms with Gasteiger partial charge in [-0.15, -0.1) is 12.4 Å².